The molecule has 1 heterocycles. The first-order valence-electron chi connectivity index (χ1n) is 7.25. The summed E-state index contributed by atoms with van der Waals surface area (Å²) in [7, 11) is 0. The third kappa shape index (κ3) is 4.03. The van der Waals surface area contributed by atoms with Crippen LogP contribution in [0, 0.1) is 17.1 Å². The zero-order valence-corrected chi connectivity index (χ0v) is 11.9. The molecule has 1 unspecified atom stereocenters. The highest BCUT2D eigenvalue weighted by Crippen LogP contribution is 2.18. The fourth-order valence-electron chi connectivity index (χ4n) is 2.58. The second kappa shape index (κ2) is 7.37. The predicted octanol–water partition coefficient (Wildman–Crippen LogP) is 3.09. The number of nitriles is 1. The molecule has 1 aliphatic rings. The molecule has 0 spiro atoms. The van der Waals surface area contributed by atoms with Crippen LogP contribution in [0.1, 0.15) is 37.3 Å². The number of hydrogen-bond acceptors (Lipinski definition) is 3. The Labute approximate surface area is 120 Å². The summed E-state index contributed by atoms with van der Waals surface area (Å²) in [5.74, 6) is -0.236. The number of rotatable bonds is 5. The van der Waals surface area contributed by atoms with Crippen molar-refractivity contribution in [2.24, 2.45) is 0 Å². The van der Waals surface area contributed by atoms with E-state index in [1.165, 1.54) is 12.1 Å². The van der Waals surface area contributed by atoms with Gasteiger partial charge in [0.2, 0.25) is 0 Å². The van der Waals surface area contributed by atoms with Crippen molar-refractivity contribution in [1.29, 1.82) is 5.26 Å². The molecule has 1 atom stereocenters. The Kier molecular flexibility index (Phi) is 5.51. The molecule has 1 aromatic rings. The summed E-state index contributed by atoms with van der Waals surface area (Å²) in [5, 5.41) is 8.89. The summed E-state index contributed by atoms with van der Waals surface area (Å²) in [4.78, 5) is 2.21. The Morgan fingerprint density at radius 1 is 1.50 bits per heavy atom. The van der Waals surface area contributed by atoms with Crippen LogP contribution in [0.15, 0.2) is 18.2 Å². The zero-order chi connectivity index (χ0) is 14.4. The maximum atomic E-state index is 13.8. The van der Waals surface area contributed by atoms with Crippen molar-refractivity contribution >= 4 is 0 Å². The lowest BCUT2D eigenvalue weighted by Gasteiger charge is -2.32. The summed E-state index contributed by atoms with van der Waals surface area (Å²) in [6.45, 7) is 5.24. The van der Waals surface area contributed by atoms with Gasteiger partial charge in [-0.25, -0.2) is 4.39 Å². The van der Waals surface area contributed by atoms with Crippen molar-refractivity contribution in [2.45, 2.75) is 38.8 Å². The molecule has 0 aliphatic carbocycles. The molecule has 1 aliphatic heterocycles. The van der Waals surface area contributed by atoms with Crippen LogP contribution < -0.4 is 0 Å². The van der Waals surface area contributed by atoms with Crippen molar-refractivity contribution < 1.29 is 9.13 Å². The van der Waals surface area contributed by atoms with Gasteiger partial charge in [0.15, 0.2) is 0 Å². The fourth-order valence-corrected chi connectivity index (χ4v) is 2.58. The van der Waals surface area contributed by atoms with Gasteiger partial charge in [-0.3, -0.25) is 4.90 Å². The van der Waals surface area contributed by atoms with Crippen LogP contribution in [-0.2, 0) is 11.3 Å². The zero-order valence-electron chi connectivity index (χ0n) is 11.9. The van der Waals surface area contributed by atoms with Crippen LogP contribution in [0.5, 0.6) is 0 Å². The highest BCUT2D eigenvalue weighted by molar-refractivity contribution is 5.33. The van der Waals surface area contributed by atoms with Gasteiger partial charge in [-0.1, -0.05) is 6.92 Å². The van der Waals surface area contributed by atoms with Crippen molar-refractivity contribution in [2.75, 3.05) is 19.7 Å². The summed E-state index contributed by atoms with van der Waals surface area (Å²) in [6.07, 6.45) is 3.44. The molecule has 0 saturated carbocycles. The lowest BCUT2D eigenvalue weighted by atomic mass is 10.1. The molecule has 0 amide bonds. The third-order valence-electron chi connectivity index (χ3n) is 3.59. The smallest absolute Gasteiger partial charge is 0.127 e. The summed E-state index contributed by atoms with van der Waals surface area (Å²) in [6, 6.07) is 6.60. The van der Waals surface area contributed by atoms with Crippen LogP contribution in [0.2, 0.25) is 0 Å². The summed E-state index contributed by atoms with van der Waals surface area (Å²) < 4.78 is 19.6. The molecule has 0 aromatic heterocycles. The number of halogens is 1. The first-order chi connectivity index (χ1) is 9.72. The third-order valence-corrected chi connectivity index (χ3v) is 3.59. The molecule has 4 heteroatoms. The van der Waals surface area contributed by atoms with Gasteiger partial charge in [0.05, 0.1) is 17.7 Å². The van der Waals surface area contributed by atoms with Gasteiger partial charge >= 0.3 is 0 Å². The molecule has 3 nitrogen and oxygen atoms in total. The Bertz CT molecular complexity index is 484. The Balaban J connectivity index is 1.97. The van der Waals surface area contributed by atoms with E-state index < -0.39 is 0 Å². The molecule has 20 heavy (non-hydrogen) atoms. The number of nitrogens with zero attached hydrogens (tertiary/aromatic N) is 2. The monoisotopic (exact) mass is 276 g/mol. The molecule has 0 radical (unpaired) electrons. The largest absolute Gasteiger partial charge is 0.377 e. The van der Waals surface area contributed by atoms with Gasteiger partial charge in [-0.2, -0.15) is 5.26 Å². The Hall–Kier alpha value is -1.44. The lowest BCUT2D eigenvalue weighted by molar-refractivity contribution is -0.00247. The van der Waals surface area contributed by atoms with E-state index in [1.54, 1.807) is 6.07 Å². The second-order valence-corrected chi connectivity index (χ2v) is 5.29. The van der Waals surface area contributed by atoms with Crippen LogP contribution in [-0.4, -0.2) is 30.7 Å². The van der Waals surface area contributed by atoms with Crippen molar-refractivity contribution in [1.82, 2.24) is 4.90 Å². The Morgan fingerprint density at radius 2 is 2.35 bits per heavy atom. The van der Waals surface area contributed by atoms with E-state index in [0.29, 0.717) is 17.7 Å². The number of piperidine rings is 1. The van der Waals surface area contributed by atoms with Gasteiger partial charge < -0.3 is 4.74 Å². The van der Waals surface area contributed by atoms with Crippen molar-refractivity contribution in [3.05, 3.63) is 35.1 Å². The van der Waals surface area contributed by atoms with E-state index in [2.05, 4.69) is 17.9 Å². The molecular weight excluding hydrogens is 255 g/mol. The quantitative estimate of drug-likeness (QED) is 0.829. The molecule has 1 saturated heterocycles. The van der Waals surface area contributed by atoms with Gasteiger partial charge in [-0.15, -0.1) is 0 Å². The minimum Gasteiger partial charge on any atom is -0.377 e. The van der Waals surface area contributed by atoms with Crippen LogP contribution in [0.25, 0.3) is 0 Å². The summed E-state index contributed by atoms with van der Waals surface area (Å²) in [5.41, 5.74) is 1.11. The SMILES string of the molecule is CCCOC1CCCN(Cc2cc(C#N)ccc2F)C1. The first kappa shape index (κ1) is 15.0. The average molecular weight is 276 g/mol. The molecule has 2 rings (SSSR count). The van der Waals surface area contributed by atoms with Gasteiger partial charge in [-0.05, 0) is 44.0 Å². The first-order valence-corrected chi connectivity index (χ1v) is 7.25. The van der Waals surface area contributed by atoms with Crippen LogP contribution in [0.4, 0.5) is 4.39 Å². The number of ether oxygens (including phenoxy) is 1. The minimum absolute atomic E-state index is 0.236. The van der Waals surface area contributed by atoms with E-state index in [0.717, 1.165) is 39.0 Å². The van der Waals surface area contributed by atoms with Crippen LogP contribution in [0.3, 0.4) is 0 Å². The van der Waals surface area contributed by atoms with Gasteiger partial charge in [0.25, 0.3) is 0 Å². The molecule has 0 bridgehead atoms. The van der Waals surface area contributed by atoms with Gasteiger partial charge in [0.1, 0.15) is 5.82 Å². The number of benzene rings is 1. The fraction of sp³-hybridized carbons (Fsp3) is 0.562. The van der Waals surface area contributed by atoms with Crippen molar-refractivity contribution in [3.8, 4) is 6.07 Å². The van der Waals surface area contributed by atoms with E-state index >= 15 is 0 Å². The van der Waals surface area contributed by atoms with E-state index in [4.69, 9.17) is 10.00 Å². The normalized spacial score (nSPS) is 19.8. The average Bonchev–Trinajstić information content (AvgIpc) is 2.48. The Morgan fingerprint density at radius 3 is 3.10 bits per heavy atom. The van der Waals surface area contributed by atoms with E-state index in [1.807, 2.05) is 0 Å². The second-order valence-electron chi connectivity index (χ2n) is 5.29. The number of hydrogen-bond donors (Lipinski definition) is 0. The molecule has 1 aromatic carbocycles. The topological polar surface area (TPSA) is 36.3 Å². The maximum Gasteiger partial charge on any atom is 0.127 e. The van der Waals surface area contributed by atoms with E-state index in [-0.39, 0.29) is 11.9 Å². The molecule has 108 valence electrons. The van der Waals surface area contributed by atoms with Crippen LogP contribution >= 0.6 is 0 Å². The standard InChI is InChI=1S/C16H21FN2O/c1-2-8-20-15-4-3-7-19(12-15)11-14-9-13(10-18)5-6-16(14)17/h5-6,9,15H,2-4,7-8,11-12H2,1H3. The highest BCUT2D eigenvalue weighted by atomic mass is 19.1. The minimum atomic E-state index is -0.236. The predicted molar refractivity (Wildman–Crippen MR) is 75.7 cm³/mol. The van der Waals surface area contributed by atoms with E-state index in [9.17, 15) is 4.39 Å². The van der Waals surface area contributed by atoms with Crippen molar-refractivity contribution in [3.63, 3.8) is 0 Å². The maximum absolute atomic E-state index is 13.8. The molecule has 0 N–H and O–H groups in total. The number of likely N-dealkylation sites (tertiary alicyclic amines) is 1. The highest BCUT2D eigenvalue weighted by Gasteiger charge is 2.21. The lowest BCUT2D eigenvalue weighted by Crippen LogP contribution is -2.39. The van der Waals surface area contributed by atoms with Gasteiger partial charge in [0, 0.05) is 25.3 Å². The molecular formula is C16H21FN2O. The summed E-state index contributed by atoms with van der Waals surface area (Å²) >= 11 is 0. The molecule has 1 fully saturated rings.